The number of hydrogen-bond donors (Lipinski definition) is 3. The first-order chi connectivity index (χ1) is 19.5. The van der Waals surface area contributed by atoms with Crippen molar-refractivity contribution in [2.45, 2.75) is 90.8 Å². The molecule has 2 unspecified atom stereocenters. The Bertz CT molecular complexity index is 1160. The third kappa shape index (κ3) is 11.2. The van der Waals surface area contributed by atoms with Crippen molar-refractivity contribution < 1.29 is 24.2 Å². The minimum absolute atomic E-state index is 0.0946. The van der Waals surface area contributed by atoms with Crippen LogP contribution in [0.5, 0.6) is 5.75 Å². The second-order valence-corrected chi connectivity index (χ2v) is 11.1. The van der Waals surface area contributed by atoms with Crippen LogP contribution in [0, 0.1) is 12.3 Å². The van der Waals surface area contributed by atoms with Crippen molar-refractivity contribution in [1.29, 1.82) is 0 Å². The highest BCUT2D eigenvalue weighted by Crippen LogP contribution is 2.25. The summed E-state index contributed by atoms with van der Waals surface area (Å²) in [5, 5.41) is 15.5. The topological polar surface area (TPSA) is 108 Å². The quantitative estimate of drug-likeness (QED) is 0.208. The molecule has 3 N–H and O–H groups in total. The van der Waals surface area contributed by atoms with E-state index in [9.17, 15) is 19.5 Å². The van der Waals surface area contributed by atoms with E-state index in [0.717, 1.165) is 31.2 Å². The fraction of sp³-hybridized carbons (Fsp3) is 0.485. The van der Waals surface area contributed by atoms with Crippen LogP contribution in [0.25, 0.3) is 0 Å². The number of benzene rings is 2. The Morgan fingerprint density at radius 2 is 1.61 bits per heavy atom. The first kappa shape index (κ1) is 33.2. The highest BCUT2D eigenvalue weighted by Gasteiger charge is 2.36. The minimum Gasteiger partial charge on any atom is -0.508 e. The molecule has 0 radical (unpaired) electrons. The summed E-state index contributed by atoms with van der Waals surface area (Å²) in [6.07, 6.45) is 9.17. The van der Waals surface area contributed by atoms with Gasteiger partial charge in [-0.3, -0.25) is 9.59 Å². The summed E-state index contributed by atoms with van der Waals surface area (Å²) in [6.45, 7) is 10.1. The maximum absolute atomic E-state index is 14.4. The van der Waals surface area contributed by atoms with Gasteiger partial charge < -0.3 is 25.4 Å². The van der Waals surface area contributed by atoms with Gasteiger partial charge in [0.1, 0.15) is 23.4 Å². The molecule has 0 spiro atoms. The molecule has 3 amide bonds. The lowest BCUT2D eigenvalue weighted by Crippen LogP contribution is -2.54. The number of carbonyl (C=O) groups is 3. The van der Waals surface area contributed by atoms with Gasteiger partial charge in [-0.2, -0.15) is 0 Å². The molecule has 0 saturated carbocycles. The van der Waals surface area contributed by atoms with Gasteiger partial charge in [0.25, 0.3) is 0 Å². The summed E-state index contributed by atoms with van der Waals surface area (Å²) < 4.78 is 5.48. The van der Waals surface area contributed by atoms with E-state index in [4.69, 9.17) is 11.2 Å². The highest BCUT2D eigenvalue weighted by atomic mass is 16.6. The molecule has 0 fully saturated rings. The molecule has 8 nitrogen and oxygen atoms in total. The SMILES string of the molecule is C#Cc1ccc(C(C(=O)NCCCC)N(CCCCC)C(=O)C(Cc2ccc(O)cc2)NC(=O)OC(C)(C)C)cc1. The van der Waals surface area contributed by atoms with Crippen LogP contribution in [0.15, 0.2) is 48.5 Å². The third-order valence-corrected chi connectivity index (χ3v) is 6.43. The number of aromatic hydroxyl groups is 1. The number of hydrogen-bond acceptors (Lipinski definition) is 5. The van der Waals surface area contributed by atoms with Crippen LogP contribution in [-0.4, -0.2) is 52.6 Å². The number of ether oxygens (including phenoxy) is 1. The first-order valence-electron chi connectivity index (χ1n) is 14.4. The number of terminal acetylenes is 1. The predicted molar refractivity (Wildman–Crippen MR) is 161 cm³/mol. The lowest BCUT2D eigenvalue weighted by atomic mass is 9.99. The van der Waals surface area contributed by atoms with Gasteiger partial charge >= 0.3 is 6.09 Å². The van der Waals surface area contributed by atoms with Crippen LogP contribution < -0.4 is 10.6 Å². The van der Waals surface area contributed by atoms with E-state index < -0.39 is 29.7 Å². The second-order valence-electron chi connectivity index (χ2n) is 11.1. The summed E-state index contributed by atoms with van der Waals surface area (Å²) >= 11 is 0. The Morgan fingerprint density at radius 1 is 0.976 bits per heavy atom. The van der Waals surface area contributed by atoms with E-state index in [1.165, 1.54) is 12.1 Å². The van der Waals surface area contributed by atoms with Gasteiger partial charge in [-0.15, -0.1) is 6.42 Å². The van der Waals surface area contributed by atoms with Crippen molar-refractivity contribution in [3.8, 4) is 18.1 Å². The maximum atomic E-state index is 14.4. The summed E-state index contributed by atoms with van der Waals surface area (Å²) in [4.78, 5) is 42.5. The number of phenolic OH excluding ortho intramolecular Hbond substituents is 1. The molecule has 222 valence electrons. The summed E-state index contributed by atoms with van der Waals surface area (Å²) in [6, 6.07) is 11.6. The summed E-state index contributed by atoms with van der Waals surface area (Å²) in [5.74, 6) is 1.98. The number of carbonyl (C=O) groups excluding carboxylic acids is 3. The molecule has 8 heteroatoms. The molecule has 0 saturated heterocycles. The standard InChI is InChI=1S/C33H45N3O5/c1-7-10-12-22-36(29(30(38)34-21-11-8-2)26-17-13-24(9-3)14-18-26)31(39)28(35-32(40)41-33(4,5)6)23-25-15-19-27(37)20-16-25/h3,13-20,28-29,37H,7-8,10-12,21-23H2,1-2,4-6H3,(H,34,38)(H,35,40). The number of nitrogens with zero attached hydrogens (tertiary/aromatic N) is 1. The molecular formula is C33H45N3O5. The summed E-state index contributed by atoms with van der Waals surface area (Å²) in [7, 11) is 0. The highest BCUT2D eigenvalue weighted by molar-refractivity contribution is 5.92. The van der Waals surface area contributed by atoms with Crippen molar-refractivity contribution in [2.24, 2.45) is 0 Å². The molecule has 2 atom stereocenters. The minimum atomic E-state index is -1.02. The van der Waals surface area contributed by atoms with Crippen molar-refractivity contribution in [3.05, 3.63) is 65.2 Å². The molecule has 0 bridgehead atoms. The Morgan fingerprint density at radius 3 is 2.17 bits per heavy atom. The van der Waals surface area contributed by atoms with Gasteiger partial charge in [-0.25, -0.2) is 4.79 Å². The van der Waals surface area contributed by atoms with E-state index in [1.54, 1.807) is 62.1 Å². The zero-order valence-electron chi connectivity index (χ0n) is 25.0. The Kier molecular flexibility index (Phi) is 13.2. The number of nitrogens with one attached hydrogen (secondary N) is 2. The van der Waals surface area contributed by atoms with Crippen LogP contribution in [0.4, 0.5) is 4.79 Å². The maximum Gasteiger partial charge on any atom is 0.408 e. The lowest BCUT2D eigenvalue weighted by Gasteiger charge is -2.34. The van der Waals surface area contributed by atoms with Gasteiger partial charge in [0.2, 0.25) is 11.8 Å². The number of unbranched alkanes of at least 4 members (excludes halogenated alkanes) is 3. The largest absolute Gasteiger partial charge is 0.508 e. The molecule has 2 aromatic rings. The van der Waals surface area contributed by atoms with E-state index in [0.29, 0.717) is 30.6 Å². The van der Waals surface area contributed by atoms with Crippen molar-refractivity contribution >= 4 is 17.9 Å². The smallest absolute Gasteiger partial charge is 0.408 e. The summed E-state index contributed by atoms with van der Waals surface area (Å²) in [5.41, 5.74) is 1.26. The zero-order chi connectivity index (χ0) is 30.4. The van der Waals surface area contributed by atoms with E-state index >= 15 is 0 Å². The molecule has 0 aliphatic rings. The van der Waals surface area contributed by atoms with Gasteiger partial charge in [-0.1, -0.05) is 63.3 Å². The monoisotopic (exact) mass is 563 g/mol. The van der Waals surface area contributed by atoms with Crippen LogP contribution in [0.2, 0.25) is 0 Å². The average Bonchev–Trinajstić information content (AvgIpc) is 2.92. The molecule has 0 heterocycles. The van der Waals surface area contributed by atoms with Gasteiger partial charge in [0, 0.05) is 25.1 Å². The Balaban J connectivity index is 2.55. The van der Waals surface area contributed by atoms with Crippen LogP contribution >= 0.6 is 0 Å². The number of phenols is 1. The van der Waals surface area contributed by atoms with Crippen molar-refractivity contribution in [1.82, 2.24) is 15.5 Å². The average molecular weight is 564 g/mol. The molecule has 0 aliphatic heterocycles. The lowest BCUT2D eigenvalue weighted by molar-refractivity contribution is -0.142. The number of rotatable bonds is 14. The van der Waals surface area contributed by atoms with Gasteiger partial charge in [-0.05, 0) is 69.0 Å². The first-order valence-corrected chi connectivity index (χ1v) is 14.4. The molecule has 41 heavy (non-hydrogen) atoms. The second kappa shape index (κ2) is 16.3. The normalized spacial score (nSPS) is 12.5. The van der Waals surface area contributed by atoms with Gasteiger partial charge in [0.05, 0.1) is 0 Å². The number of amides is 3. The molecular weight excluding hydrogens is 518 g/mol. The predicted octanol–water partition coefficient (Wildman–Crippen LogP) is 5.49. The fourth-order valence-electron chi connectivity index (χ4n) is 4.34. The van der Waals surface area contributed by atoms with Crippen LogP contribution in [-0.2, 0) is 20.7 Å². The van der Waals surface area contributed by atoms with Crippen LogP contribution in [0.3, 0.4) is 0 Å². The number of alkyl carbamates (subject to hydrolysis) is 1. The fourth-order valence-corrected chi connectivity index (χ4v) is 4.34. The van der Waals surface area contributed by atoms with E-state index in [-0.39, 0.29) is 18.1 Å². The zero-order valence-corrected chi connectivity index (χ0v) is 25.0. The van der Waals surface area contributed by atoms with E-state index in [1.807, 2.05) is 6.92 Å². The third-order valence-electron chi connectivity index (χ3n) is 6.43. The van der Waals surface area contributed by atoms with Crippen molar-refractivity contribution in [2.75, 3.05) is 13.1 Å². The molecule has 0 aromatic heterocycles. The Hall–Kier alpha value is -3.99. The van der Waals surface area contributed by atoms with E-state index in [2.05, 4.69) is 23.5 Å². The van der Waals surface area contributed by atoms with Crippen LogP contribution in [0.1, 0.15) is 89.5 Å². The Labute approximate surface area is 244 Å². The molecule has 2 rings (SSSR count). The molecule has 0 aliphatic carbocycles. The molecule has 2 aromatic carbocycles. The van der Waals surface area contributed by atoms with Crippen molar-refractivity contribution in [3.63, 3.8) is 0 Å². The van der Waals surface area contributed by atoms with Gasteiger partial charge in [0.15, 0.2) is 0 Å².